The Morgan fingerprint density at radius 2 is 2.00 bits per heavy atom. The lowest BCUT2D eigenvalue weighted by atomic mass is 10.4. The molecule has 11 heavy (non-hydrogen) atoms. The second-order valence-electron chi connectivity index (χ2n) is 3.89. The Bertz CT molecular complexity index is 142. The Morgan fingerprint density at radius 1 is 1.55 bits per heavy atom. The van der Waals surface area contributed by atoms with Gasteiger partial charge in [0.15, 0.2) is 0 Å². The zero-order valence-electron chi connectivity index (χ0n) is 7.68. The molecule has 3 nitrogen and oxygen atoms in total. The van der Waals surface area contributed by atoms with Crippen molar-refractivity contribution in [3.63, 3.8) is 0 Å². The maximum Gasteiger partial charge on any atom is 0.322 e. The number of ether oxygens (including phenoxy) is 1. The summed E-state index contributed by atoms with van der Waals surface area (Å²) < 4.78 is 4.52. The monoisotopic (exact) mass is 175 g/mol. The van der Waals surface area contributed by atoms with Crippen molar-refractivity contribution in [1.82, 2.24) is 0 Å². The number of rotatable bonds is 3. The van der Waals surface area contributed by atoms with Crippen LogP contribution in [0.1, 0.15) is 0 Å². The fourth-order valence-corrected chi connectivity index (χ4v) is 2.38. The summed E-state index contributed by atoms with van der Waals surface area (Å²) in [6.45, 7) is 6.53. The fraction of sp³-hybridized carbons (Fsp3) is 0.857. The molecule has 0 spiro atoms. The van der Waals surface area contributed by atoms with Crippen LogP contribution in [0, 0.1) is 0 Å². The molecule has 1 atom stereocenters. The molecule has 0 fully saturated rings. The number of carbonyl (C=O) groups excluding carboxylic acids is 1. The molecular formula is C7H17NO2Si. The summed E-state index contributed by atoms with van der Waals surface area (Å²) >= 11 is 0. The van der Waals surface area contributed by atoms with Crippen LogP contribution >= 0.6 is 0 Å². The molecule has 0 heterocycles. The molecule has 0 aliphatic heterocycles. The molecule has 4 heteroatoms. The Kier molecular flexibility index (Phi) is 3.75. The van der Waals surface area contributed by atoms with E-state index >= 15 is 0 Å². The van der Waals surface area contributed by atoms with Gasteiger partial charge in [0.25, 0.3) is 0 Å². The second kappa shape index (κ2) is 3.87. The van der Waals surface area contributed by atoms with Gasteiger partial charge in [-0.05, 0) is 6.04 Å². The zero-order valence-corrected chi connectivity index (χ0v) is 8.68. The normalized spacial score (nSPS) is 14.3. The number of methoxy groups -OCH3 is 1. The minimum absolute atomic E-state index is 0.299. The van der Waals surface area contributed by atoms with Gasteiger partial charge in [-0.2, -0.15) is 0 Å². The van der Waals surface area contributed by atoms with Crippen molar-refractivity contribution in [2.75, 3.05) is 7.11 Å². The van der Waals surface area contributed by atoms with E-state index in [1.807, 2.05) is 0 Å². The Labute approximate surface area is 68.9 Å². The second-order valence-corrected chi connectivity index (χ2v) is 9.42. The predicted octanol–water partition coefficient (Wildman–Crippen LogP) is 0.825. The fourth-order valence-electron chi connectivity index (χ4n) is 0.894. The van der Waals surface area contributed by atoms with Gasteiger partial charge in [0, 0.05) is 8.07 Å². The van der Waals surface area contributed by atoms with Crippen LogP contribution in [-0.2, 0) is 9.53 Å². The highest BCUT2D eigenvalue weighted by Gasteiger charge is 2.22. The SMILES string of the molecule is COC(=O)[C@@H](N)C[Si](C)(C)C. The third kappa shape index (κ3) is 4.98. The Hall–Kier alpha value is -0.353. The molecule has 2 N–H and O–H groups in total. The minimum atomic E-state index is -1.23. The van der Waals surface area contributed by atoms with Crippen LogP contribution in [0.2, 0.25) is 25.7 Å². The number of hydrogen-bond acceptors (Lipinski definition) is 3. The largest absolute Gasteiger partial charge is 0.468 e. The van der Waals surface area contributed by atoms with Gasteiger partial charge in [0.2, 0.25) is 0 Å². The van der Waals surface area contributed by atoms with Crippen molar-refractivity contribution in [1.29, 1.82) is 0 Å². The van der Waals surface area contributed by atoms with Crippen LogP contribution in [-0.4, -0.2) is 27.2 Å². The average Bonchev–Trinajstić information content (AvgIpc) is 1.82. The molecule has 0 aromatic rings. The van der Waals surface area contributed by atoms with Gasteiger partial charge in [-0.15, -0.1) is 0 Å². The molecule has 0 bridgehead atoms. The molecule has 0 rings (SSSR count). The maximum absolute atomic E-state index is 10.9. The number of nitrogens with two attached hydrogens (primary N) is 1. The molecule has 0 aromatic heterocycles. The van der Waals surface area contributed by atoms with Crippen LogP contribution in [0.3, 0.4) is 0 Å². The summed E-state index contributed by atoms with van der Waals surface area (Å²) in [5.41, 5.74) is 5.57. The molecule has 0 aliphatic carbocycles. The molecule has 0 aliphatic rings. The van der Waals surface area contributed by atoms with E-state index in [1.54, 1.807) is 0 Å². The number of esters is 1. The molecule has 0 aromatic carbocycles. The molecule has 66 valence electrons. The van der Waals surface area contributed by atoms with Gasteiger partial charge in [0.05, 0.1) is 7.11 Å². The van der Waals surface area contributed by atoms with Gasteiger partial charge in [-0.25, -0.2) is 0 Å². The van der Waals surface area contributed by atoms with Crippen LogP contribution in [0.15, 0.2) is 0 Å². The van der Waals surface area contributed by atoms with Crippen molar-refractivity contribution < 1.29 is 9.53 Å². The summed E-state index contributed by atoms with van der Waals surface area (Å²) in [5.74, 6) is -0.299. The van der Waals surface area contributed by atoms with E-state index in [9.17, 15) is 4.79 Å². The van der Waals surface area contributed by atoms with E-state index in [1.165, 1.54) is 7.11 Å². The van der Waals surface area contributed by atoms with Crippen LogP contribution in [0.25, 0.3) is 0 Å². The van der Waals surface area contributed by atoms with Gasteiger partial charge in [-0.3, -0.25) is 4.79 Å². The van der Waals surface area contributed by atoms with Crippen molar-refractivity contribution in [3.05, 3.63) is 0 Å². The van der Waals surface area contributed by atoms with Crippen LogP contribution in [0.5, 0.6) is 0 Å². The van der Waals surface area contributed by atoms with E-state index in [-0.39, 0.29) is 5.97 Å². The van der Waals surface area contributed by atoms with Gasteiger partial charge < -0.3 is 10.5 Å². The van der Waals surface area contributed by atoms with Gasteiger partial charge >= 0.3 is 5.97 Å². The standard InChI is InChI=1S/C7H17NO2Si/c1-10-7(9)6(8)5-11(2,3)4/h6H,5,8H2,1-4H3/t6-/m0/s1. The van der Waals surface area contributed by atoms with E-state index < -0.39 is 14.1 Å². The summed E-state index contributed by atoms with van der Waals surface area (Å²) in [5, 5.41) is 0. The molecule has 0 saturated carbocycles. The highest BCUT2D eigenvalue weighted by molar-refractivity contribution is 6.76. The average molecular weight is 175 g/mol. The quantitative estimate of drug-likeness (QED) is 0.510. The first-order valence-corrected chi connectivity index (χ1v) is 7.41. The third-order valence-electron chi connectivity index (χ3n) is 1.34. The summed E-state index contributed by atoms with van der Waals surface area (Å²) in [6.07, 6.45) is 0. The van der Waals surface area contributed by atoms with Crippen molar-refractivity contribution in [2.24, 2.45) is 5.73 Å². The Morgan fingerprint density at radius 3 is 2.27 bits per heavy atom. The lowest BCUT2D eigenvalue weighted by Gasteiger charge is -2.19. The van der Waals surface area contributed by atoms with E-state index in [0.29, 0.717) is 0 Å². The lowest BCUT2D eigenvalue weighted by Crippen LogP contribution is -2.38. The smallest absolute Gasteiger partial charge is 0.322 e. The summed E-state index contributed by atoms with van der Waals surface area (Å²) in [6, 6.07) is 0.367. The lowest BCUT2D eigenvalue weighted by molar-refractivity contribution is -0.141. The van der Waals surface area contributed by atoms with E-state index in [2.05, 4.69) is 24.4 Å². The van der Waals surface area contributed by atoms with Gasteiger partial charge in [-0.1, -0.05) is 19.6 Å². The first kappa shape index (κ1) is 10.6. The van der Waals surface area contributed by atoms with E-state index in [0.717, 1.165) is 6.04 Å². The molecular weight excluding hydrogens is 158 g/mol. The molecule has 0 unspecified atom stereocenters. The predicted molar refractivity (Wildman–Crippen MR) is 48.1 cm³/mol. The van der Waals surface area contributed by atoms with Crippen LogP contribution in [0.4, 0.5) is 0 Å². The minimum Gasteiger partial charge on any atom is -0.468 e. The third-order valence-corrected chi connectivity index (χ3v) is 3.00. The molecule has 0 saturated heterocycles. The maximum atomic E-state index is 10.9. The van der Waals surface area contributed by atoms with Crippen molar-refractivity contribution in [3.8, 4) is 0 Å². The number of hydrogen-bond donors (Lipinski definition) is 1. The molecule has 0 amide bonds. The Balaban J connectivity index is 3.87. The van der Waals surface area contributed by atoms with Crippen molar-refractivity contribution >= 4 is 14.0 Å². The van der Waals surface area contributed by atoms with E-state index in [4.69, 9.17) is 5.73 Å². The first-order chi connectivity index (χ1) is 4.87. The van der Waals surface area contributed by atoms with Gasteiger partial charge in [0.1, 0.15) is 6.04 Å². The summed E-state index contributed by atoms with van der Waals surface area (Å²) in [7, 11) is 0.142. The topological polar surface area (TPSA) is 52.3 Å². The highest BCUT2D eigenvalue weighted by atomic mass is 28.3. The zero-order chi connectivity index (χ0) is 9.07. The first-order valence-electron chi connectivity index (χ1n) is 3.70. The molecule has 0 radical (unpaired) electrons. The number of carbonyl (C=O) groups is 1. The van der Waals surface area contributed by atoms with Crippen molar-refractivity contribution in [2.45, 2.75) is 31.7 Å². The van der Waals surface area contributed by atoms with Crippen LogP contribution < -0.4 is 5.73 Å². The highest BCUT2D eigenvalue weighted by Crippen LogP contribution is 2.10. The summed E-state index contributed by atoms with van der Waals surface area (Å²) in [4.78, 5) is 10.9.